The van der Waals surface area contributed by atoms with Crippen molar-refractivity contribution in [3.8, 4) is 11.4 Å². The van der Waals surface area contributed by atoms with Gasteiger partial charge in [-0.25, -0.2) is 15.7 Å². The second kappa shape index (κ2) is 4.98. The normalized spacial score (nSPS) is 17.8. The van der Waals surface area contributed by atoms with Crippen LogP contribution in [0.5, 0.6) is 0 Å². The lowest BCUT2D eigenvalue weighted by molar-refractivity contribution is -0.162. The minimum absolute atomic E-state index is 0.0705. The molecule has 5 rings (SSSR count). The Balaban J connectivity index is 1.79. The Hall–Kier alpha value is -3.03. The van der Waals surface area contributed by atoms with Crippen molar-refractivity contribution in [3.63, 3.8) is 0 Å². The largest absolute Gasteiger partial charge is 0.458 e. The van der Waals surface area contributed by atoms with E-state index in [1.165, 1.54) is 0 Å². The van der Waals surface area contributed by atoms with Crippen LogP contribution in [0.15, 0.2) is 41.2 Å². The SMILES string of the molecule is NO[C@@H]1C(=O)OCc2c1cc1n(c2=O)Cc2cc3ccccc3nc2-1. The molecule has 0 bridgehead atoms. The second-order valence-electron chi connectivity index (χ2n) is 6.17. The molecule has 0 saturated carbocycles. The van der Waals surface area contributed by atoms with Crippen molar-refractivity contribution >= 4 is 16.9 Å². The van der Waals surface area contributed by atoms with Crippen LogP contribution in [-0.4, -0.2) is 15.5 Å². The number of ether oxygens (including phenoxy) is 1. The third-order valence-corrected chi connectivity index (χ3v) is 4.80. The first-order valence-corrected chi connectivity index (χ1v) is 7.85. The standard InChI is InChI=1S/C18H13N3O4/c19-25-16-11-6-14-15-10(5-9-3-1-2-4-13(9)20-15)7-21(14)17(22)12(11)8-24-18(16)23/h1-6,16H,7-8,19H2/t16-/m0/s1. The zero-order valence-corrected chi connectivity index (χ0v) is 13.1. The number of fused-ring (bicyclic) bond motifs is 5. The number of hydrogen-bond acceptors (Lipinski definition) is 6. The maximum atomic E-state index is 12.9. The molecule has 0 radical (unpaired) electrons. The van der Waals surface area contributed by atoms with Crippen molar-refractivity contribution in [1.29, 1.82) is 0 Å². The Morgan fingerprint density at radius 2 is 2.08 bits per heavy atom. The maximum absolute atomic E-state index is 12.9. The van der Waals surface area contributed by atoms with E-state index in [4.69, 9.17) is 20.5 Å². The van der Waals surface area contributed by atoms with Gasteiger partial charge in [0.2, 0.25) is 6.10 Å². The number of hydrogen-bond donors (Lipinski definition) is 1. The van der Waals surface area contributed by atoms with Crippen LogP contribution in [0.25, 0.3) is 22.3 Å². The average Bonchev–Trinajstić information content (AvgIpc) is 2.98. The number of benzene rings is 1. The van der Waals surface area contributed by atoms with Crippen LogP contribution >= 0.6 is 0 Å². The van der Waals surface area contributed by atoms with Crippen molar-refractivity contribution in [1.82, 2.24) is 9.55 Å². The van der Waals surface area contributed by atoms with E-state index in [2.05, 4.69) is 0 Å². The van der Waals surface area contributed by atoms with E-state index in [1.807, 2.05) is 30.3 Å². The quantitative estimate of drug-likeness (QED) is 0.417. The molecule has 0 saturated heterocycles. The van der Waals surface area contributed by atoms with Gasteiger partial charge in [0.25, 0.3) is 5.56 Å². The van der Waals surface area contributed by atoms with Gasteiger partial charge in [-0.2, -0.15) is 0 Å². The summed E-state index contributed by atoms with van der Waals surface area (Å²) >= 11 is 0. The highest BCUT2D eigenvalue weighted by Crippen LogP contribution is 2.35. The molecule has 0 unspecified atom stereocenters. The fourth-order valence-electron chi connectivity index (χ4n) is 3.59. The highest BCUT2D eigenvalue weighted by Gasteiger charge is 2.35. The van der Waals surface area contributed by atoms with Crippen LogP contribution in [0.3, 0.4) is 0 Å². The lowest BCUT2D eigenvalue weighted by Crippen LogP contribution is -2.34. The van der Waals surface area contributed by atoms with Crippen molar-refractivity contribution in [2.45, 2.75) is 19.3 Å². The number of aromatic nitrogens is 2. The first-order chi connectivity index (χ1) is 12.2. The van der Waals surface area contributed by atoms with Crippen LogP contribution in [0.2, 0.25) is 0 Å². The van der Waals surface area contributed by atoms with Crippen LogP contribution < -0.4 is 11.5 Å². The van der Waals surface area contributed by atoms with Gasteiger partial charge in [-0.3, -0.25) is 9.63 Å². The molecule has 124 valence electrons. The van der Waals surface area contributed by atoms with Gasteiger partial charge in [-0.05, 0) is 18.2 Å². The number of carbonyl (C=O) groups excluding carboxylic acids is 1. The topological polar surface area (TPSA) is 96.4 Å². The lowest BCUT2D eigenvalue weighted by Gasteiger charge is -2.23. The predicted octanol–water partition coefficient (Wildman–Crippen LogP) is 1.41. The van der Waals surface area contributed by atoms with Crippen molar-refractivity contribution in [2.75, 3.05) is 0 Å². The summed E-state index contributed by atoms with van der Waals surface area (Å²) in [6.07, 6.45) is -1.09. The molecule has 7 heteroatoms. The van der Waals surface area contributed by atoms with Gasteiger partial charge >= 0.3 is 5.97 Å². The van der Waals surface area contributed by atoms with E-state index < -0.39 is 12.1 Å². The van der Waals surface area contributed by atoms with Crippen LogP contribution in [0.4, 0.5) is 0 Å². The summed E-state index contributed by atoms with van der Waals surface area (Å²) < 4.78 is 6.67. The maximum Gasteiger partial charge on any atom is 0.342 e. The minimum atomic E-state index is -1.09. The van der Waals surface area contributed by atoms with E-state index in [-0.39, 0.29) is 12.2 Å². The van der Waals surface area contributed by atoms with Gasteiger partial charge in [-0.1, -0.05) is 18.2 Å². The third kappa shape index (κ3) is 1.90. The lowest BCUT2D eigenvalue weighted by atomic mass is 10.0. The smallest absolute Gasteiger partial charge is 0.342 e. The zero-order valence-electron chi connectivity index (χ0n) is 13.1. The van der Waals surface area contributed by atoms with E-state index >= 15 is 0 Å². The highest BCUT2D eigenvalue weighted by molar-refractivity contribution is 5.84. The molecule has 3 aromatic rings. The molecular formula is C18H13N3O4. The van der Waals surface area contributed by atoms with E-state index in [1.54, 1.807) is 10.6 Å². The zero-order chi connectivity index (χ0) is 17.1. The number of para-hydroxylation sites is 1. The number of nitrogens with zero attached hydrogens (tertiary/aromatic N) is 2. The Bertz CT molecular complexity index is 1120. The molecule has 2 aliphatic rings. The Kier molecular flexibility index (Phi) is 2.85. The molecule has 0 aliphatic carbocycles. The molecule has 1 atom stereocenters. The number of esters is 1. The molecule has 4 heterocycles. The van der Waals surface area contributed by atoms with Gasteiger partial charge in [-0.15, -0.1) is 0 Å². The fraction of sp³-hybridized carbons (Fsp3) is 0.167. The van der Waals surface area contributed by atoms with Crippen LogP contribution in [0.1, 0.15) is 22.8 Å². The minimum Gasteiger partial charge on any atom is -0.458 e. The van der Waals surface area contributed by atoms with E-state index in [0.717, 1.165) is 22.2 Å². The summed E-state index contributed by atoms with van der Waals surface area (Å²) in [6.45, 7) is 0.371. The van der Waals surface area contributed by atoms with Gasteiger partial charge in [0.1, 0.15) is 6.61 Å². The average molecular weight is 335 g/mol. The van der Waals surface area contributed by atoms with Crippen molar-refractivity contribution in [2.24, 2.45) is 5.90 Å². The van der Waals surface area contributed by atoms with Gasteiger partial charge in [0.05, 0.1) is 29.0 Å². The summed E-state index contributed by atoms with van der Waals surface area (Å²) in [7, 11) is 0. The Morgan fingerprint density at radius 1 is 1.24 bits per heavy atom. The molecule has 0 amide bonds. The third-order valence-electron chi connectivity index (χ3n) is 4.80. The number of carbonyl (C=O) groups is 1. The summed E-state index contributed by atoms with van der Waals surface area (Å²) in [5.41, 5.74) is 3.88. The molecule has 1 aromatic carbocycles. The first kappa shape index (κ1) is 14.3. The molecular weight excluding hydrogens is 322 g/mol. The molecule has 25 heavy (non-hydrogen) atoms. The summed E-state index contributed by atoms with van der Waals surface area (Å²) in [6, 6.07) is 11.6. The number of nitrogens with two attached hydrogens (primary N) is 1. The first-order valence-electron chi connectivity index (χ1n) is 7.85. The molecule has 2 N–H and O–H groups in total. The predicted molar refractivity (Wildman–Crippen MR) is 88.4 cm³/mol. The van der Waals surface area contributed by atoms with Crippen LogP contribution in [0, 0.1) is 0 Å². The molecule has 0 fully saturated rings. The number of rotatable bonds is 1. The fourth-order valence-corrected chi connectivity index (χ4v) is 3.59. The monoisotopic (exact) mass is 335 g/mol. The molecule has 0 spiro atoms. The van der Waals surface area contributed by atoms with Gasteiger partial charge in [0.15, 0.2) is 0 Å². The number of pyridine rings is 2. The van der Waals surface area contributed by atoms with E-state index in [9.17, 15) is 9.59 Å². The highest BCUT2D eigenvalue weighted by atomic mass is 16.7. The van der Waals surface area contributed by atoms with Gasteiger partial charge in [0, 0.05) is 16.5 Å². The van der Waals surface area contributed by atoms with Crippen LogP contribution in [-0.2, 0) is 27.5 Å². The summed E-state index contributed by atoms with van der Waals surface area (Å²) in [5.74, 6) is 4.65. The number of cyclic esters (lactones) is 1. The Labute approximate surface area is 141 Å². The van der Waals surface area contributed by atoms with Crippen molar-refractivity contribution < 1.29 is 14.4 Å². The van der Waals surface area contributed by atoms with Gasteiger partial charge < -0.3 is 9.30 Å². The van der Waals surface area contributed by atoms with E-state index in [0.29, 0.717) is 23.4 Å². The second-order valence-corrected chi connectivity index (χ2v) is 6.17. The summed E-state index contributed by atoms with van der Waals surface area (Å²) in [5, 5.41) is 1.02. The molecule has 2 aliphatic heterocycles. The molecule has 2 aromatic heterocycles. The molecule has 7 nitrogen and oxygen atoms in total. The summed E-state index contributed by atoms with van der Waals surface area (Å²) in [4.78, 5) is 34.2. The Morgan fingerprint density at radius 3 is 2.92 bits per heavy atom. The van der Waals surface area contributed by atoms with Crippen molar-refractivity contribution in [3.05, 3.63) is 63.4 Å².